The highest BCUT2D eigenvalue weighted by Crippen LogP contribution is 1.95. The van der Waals surface area contributed by atoms with Crippen LogP contribution in [0.25, 0.3) is 0 Å². The van der Waals surface area contributed by atoms with Gasteiger partial charge in [0.1, 0.15) is 5.82 Å². The van der Waals surface area contributed by atoms with Gasteiger partial charge in [0, 0.05) is 12.4 Å². The Morgan fingerprint density at radius 1 is 1.44 bits per heavy atom. The minimum absolute atomic E-state index is 0.611. The molecule has 1 rings (SSSR count). The Hall–Kier alpha value is -0.570. The number of rotatable bonds is 1. The average molecular weight is 140 g/mol. The zero-order chi connectivity index (χ0) is 6.69. The fourth-order valence-corrected chi connectivity index (χ4v) is 0.664. The number of thiol groups is 1. The first kappa shape index (κ1) is 6.55. The molecule has 0 aliphatic carbocycles. The third-order valence-electron chi connectivity index (χ3n) is 0.976. The van der Waals surface area contributed by atoms with Crippen molar-refractivity contribution in [2.24, 2.45) is 0 Å². The van der Waals surface area contributed by atoms with E-state index in [0.717, 1.165) is 11.4 Å². The van der Waals surface area contributed by atoms with Crippen molar-refractivity contribution in [3.8, 4) is 0 Å². The summed E-state index contributed by atoms with van der Waals surface area (Å²) in [5.74, 6) is 1.39. The molecule has 0 unspecified atom stereocenters. The fourth-order valence-electron chi connectivity index (χ4n) is 0.501. The first-order chi connectivity index (χ1) is 4.33. The van der Waals surface area contributed by atoms with Crippen LogP contribution in [0.3, 0.4) is 0 Å². The second-order valence-corrected chi connectivity index (χ2v) is 2.15. The molecule has 1 aromatic rings. The highest BCUT2D eigenvalue weighted by molar-refractivity contribution is 7.79. The van der Waals surface area contributed by atoms with Crippen LogP contribution in [0.15, 0.2) is 12.4 Å². The number of aromatic nitrogens is 2. The van der Waals surface area contributed by atoms with Gasteiger partial charge < -0.3 is 0 Å². The molecule has 48 valence electrons. The molecule has 9 heavy (non-hydrogen) atoms. The van der Waals surface area contributed by atoms with E-state index >= 15 is 0 Å². The highest BCUT2D eigenvalue weighted by Gasteiger charge is 1.88. The summed E-state index contributed by atoms with van der Waals surface area (Å²) >= 11 is 4.02. The van der Waals surface area contributed by atoms with E-state index in [1.807, 2.05) is 6.92 Å². The lowest BCUT2D eigenvalue weighted by Gasteiger charge is -1.92. The Morgan fingerprint density at radius 3 is 2.44 bits per heavy atom. The molecule has 0 saturated carbocycles. The van der Waals surface area contributed by atoms with Crippen LogP contribution in [0.2, 0.25) is 0 Å². The van der Waals surface area contributed by atoms with E-state index in [4.69, 9.17) is 0 Å². The van der Waals surface area contributed by atoms with Gasteiger partial charge in [0.15, 0.2) is 0 Å². The molecular weight excluding hydrogens is 132 g/mol. The minimum Gasteiger partial charge on any atom is -0.240 e. The maximum absolute atomic E-state index is 4.02. The molecule has 0 aromatic carbocycles. The van der Waals surface area contributed by atoms with Gasteiger partial charge in [-0.05, 0) is 12.5 Å². The summed E-state index contributed by atoms with van der Waals surface area (Å²) < 4.78 is 0. The lowest BCUT2D eigenvalue weighted by atomic mass is 10.4. The third-order valence-corrected chi connectivity index (χ3v) is 1.26. The summed E-state index contributed by atoms with van der Waals surface area (Å²) in [6.07, 6.45) is 3.58. The van der Waals surface area contributed by atoms with E-state index < -0.39 is 0 Å². The number of hydrogen-bond donors (Lipinski definition) is 1. The summed E-state index contributed by atoms with van der Waals surface area (Å²) in [5.41, 5.74) is 1.08. The standard InChI is InChI=1S/C6H8N2S/c1-5-2-7-6(4-9)8-3-5/h2-3,9H,4H2,1H3. The van der Waals surface area contributed by atoms with Crippen LogP contribution < -0.4 is 0 Å². The quantitative estimate of drug-likeness (QED) is 0.593. The molecule has 1 heterocycles. The molecule has 0 spiro atoms. The second kappa shape index (κ2) is 2.82. The van der Waals surface area contributed by atoms with E-state index in [-0.39, 0.29) is 0 Å². The first-order valence-electron chi connectivity index (χ1n) is 2.71. The molecule has 2 nitrogen and oxygen atoms in total. The van der Waals surface area contributed by atoms with E-state index in [2.05, 4.69) is 22.6 Å². The van der Waals surface area contributed by atoms with Crippen LogP contribution in [-0.2, 0) is 5.75 Å². The lowest BCUT2D eigenvalue weighted by Crippen LogP contribution is -1.89. The Bertz CT molecular complexity index is 183. The van der Waals surface area contributed by atoms with Gasteiger partial charge in [0.05, 0.1) is 5.75 Å². The van der Waals surface area contributed by atoms with Crippen LogP contribution in [0.1, 0.15) is 11.4 Å². The maximum Gasteiger partial charge on any atom is 0.137 e. The molecule has 0 amide bonds. The Morgan fingerprint density at radius 2 is 2.00 bits per heavy atom. The molecule has 0 bridgehead atoms. The van der Waals surface area contributed by atoms with Crippen LogP contribution in [-0.4, -0.2) is 9.97 Å². The molecule has 0 aliphatic heterocycles. The summed E-state index contributed by atoms with van der Waals surface area (Å²) in [6.45, 7) is 1.96. The van der Waals surface area contributed by atoms with Crippen LogP contribution in [0, 0.1) is 6.92 Å². The largest absolute Gasteiger partial charge is 0.240 e. The van der Waals surface area contributed by atoms with Crippen molar-refractivity contribution in [1.29, 1.82) is 0 Å². The van der Waals surface area contributed by atoms with Crippen molar-refractivity contribution in [3.63, 3.8) is 0 Å². The first-order valence-corrected chi connectivity index (χ1v) is 3.34. The Labute approximate surface area is 59.8 Å². The SMILES string of the molecule is Cc1cnc(CS)nc1. The molecule has 0 atom stereocenters. The summed E-state index contributed by atoms with van der Waals surface area (Å²) in [7, 11) is 0. The molecule has 0 aliphatic rings. The smallest absolute Gasteiger partial charge is 0.137 e. The average Bonchev–Trinajstić information content (AvgIpc) is 1.90. The van der Waals surface area contributed by atoms with Crippen molar-refractivity contribution in [2.75, 3.05) is 0 Å². The summed E-state index contributed by atoms with van der Waals surface area (Å²) in [6, 6.07) is 0. The van der Waals surface area contributed by atoms with Gasteiger partial charge >= 0.3 is 0 Å². The molecule has 0 N–H and O–H groups in total. The topological polar surface area (TPSA) is 25.8 Å². The zero-order valence-electron chi connectivity index (χ0n) is 5.20. The molecule has 0 radical (unpaired) electrons. The monoisotopic (exact) mass is 140 g/mol. The molecule has 3 heteroatoms. The number of hydrogen-bond acceptors (Lipinski definition) is 3. The van der Waals surface area contributed by atoms with E-state index in [0.29, 0.717) is 5.75 Å². The Balaban J connectivity index is 2.88. The fraction of sp³-hybridized carbons (Fsp3) is 0.333. The van der Waals surface area contributed by atoms with Crippen LogP contribution in [0.4, 0.5) is 0 Å². The molecule has 0 fully saturated rings. The summed E-state index contributed by atoms with van der Waals surface area (Å²) in [5, 5.41) is 0. The van der Waals surface area contributed by atoms with Gasteiger partial charge in [-0.2, -0.15) is 12.6 Å². The van der Waals surface area contributed by atoms with Gasteiger partial charge in [0.25, 0.3) is 0 Å². The summed E-state index contributed by atoms with van der Waals surface area (Å²) in [4.78, 5) is 8.02. The van der Waals surface area contributed by atoms with Gasteiger partial charge in [0.2, 0.25) is 0 Å². The van der Waals surface area contributed by atoms with Gasteiger partial charge in [-0.1, -0.05) is 0 Å². The minimum atomic E-state index is 0.611. The number of aryl methyl sites for hydroxylation is 1. The van der Waals surface area contributed by atoms with E-state index in [1.54, 1.807) is 12.4 Å². The van der Waals surface area contributed by atoms with Crippen molar-refractivity contribution < 1.29 is 0 Å². The van der Waals surface area contributed by atoms with Crippen LogP contribution >= 0.6 is 12.6 Å². The predicted octanol–water partition coefficient (Wildman–Crippen LogP) is 1.21. The van der Waals surface area contributed by atoms with Gasteiger partial charge in [-0.3, -0.25) is 0 Å². The Kier molecular flexibility index (Phi) is 2.05. The van der Waals surface area contributed by atoms with Crippen molar-refractivity contribution in [2.45, 2.75) is 12.7 Å². The van der Waals surface area contributed by atoms with Gasteiger partial charge in [-0.25, -0.2) is 9.97 Å². The number of nitrogens with zero attached hydrogens (tertiary/aromatic N) is 2. The molecular formula is C6H8N2S. The van der Waals surface area contributed by atoms with Crippen LogP contribution in [0.5, 0.6) is 0 Å². The van der Waals surface area contributed by atoms with Crippen molar-refractivity contribution >= 4 is 12.6 Å². The van der Waals surface area contributed by atoms with Gasteiger partial charge in [-0.15, -0.1) is 0 Å². The molecule has 0 saturated heterocycles. The van der Waals surface area contributed by atoms with E-state index in [9.17, 15) is 0 Å². The van der Waals surface area contributed by atoms with E-state index in [1.165, 1.54) is 0 Å². The van der Waals surface area contributed by atoms with Crippen molar-refractivity contribution in [3.05, 3.63) is 23.8 Å². The van der Waals surface area contributed by atoms with Crippen molar-refractivity contribution in [1.82, 2.24) is 9.97 Å². The third kappa shape index (κ3) is 1.68. The zero-order valence-corrected chi connectivity index (χ0v) is 6.10. The second-order valence-electron chi connectivity index (χ2n) is 1.83. The maximum atomic E-state index is 4.02. The normalized spacial score (nSPS) is 9.56. The highest BCUT2D eigenvalue weighted by atomic mass is 32.1. The lowest BCUT2D eigenvalue weighted by molar-refractivity contribution is 1.02. The predicted molar refractivity (Wildman–Crippen MR) is 39.5 cm³/mol. The molecule has 1 aromatic heterocycles.